The molecule has 4 heteroatoms. The molecule has 4 nitrogen and oxygen atoms in total. The highest BCUT2D eigenvalue weighted by atomic mass is 16.5. The maximum absolute atomic E-state index is 10.8. The number of ether oxygens (including phenoxy) is 2. The average molecular weight is 432 g/mol. The first-order chi connectivity index (χ1) is 15.5. The Hall–Kier alpha value is -2.82. The maximum Gasteiger partial charge on any atom is 0.161 e. The second-order valence-electron chi connectivity index (χ2n) is 9.07. The molecule has 2 unspecified atom stereocenters. The first kappa shape index (κ1) is 22.4. The lowest BCUT2D eigenvalue weighted by Gasteiger charge is -2.34. The molecule has 1 saturated heterocycles. The Kier molecular flexibility index (Phi) is 6.83. The third-order valence-corrected chi connectivity index (χ3v) is 6.83. The van der Waals surface area contributed by atoms with Crippen molar-refractivity contribution in [2.75, 3.05) is 20.2 Å². The summed E-state index contributed by atoms with van der Waals surface area (Å²) < 4.78 is 11.7. The number of rotatable bonds is 8. The van der Waals surface area contributed by atoms with Crippen molar-refractivity contribution >= 4 is 0 Å². The Morgan fingerprint density at radius 1 is 0.969 bits per heavy atom. The molecule has 1 heterocycles. The van der Waals surface area contributed by atoms with Gasteiger partial charge >= 0.3 is 0 Å². The number of methoxy groups -OCH3 is 1. The minimum Gasteiger partial charge on any atom is -0.493 e. The van der Waals surface area contributed by atoms with Gasteiger partial charge in [0.2, 0.25) is 0 Å². The van der Waals surface area contributed by atoms with Crippen LogP contribution in [-0.4, -0.2) is 36.3 Å². The summed E-state index contributed by atoms with van der Waals surface area (Å²) in [6.07, 6.45) is -0.427. The zero-order chi connectivity index (χ0) is 22.6. The Morgan fingerprint density at radius 3 is 2.25 bits per heavy atom. The van der Waals surface area contributed by atoms with Crippen LogP contribution in [-0.2, 0) is 13.2 Å². The third kappa shape index (κ3) is 4.82. The van der Waals surface area contributed by atoms with Crippen molar-refractivity contribution in [1.82, 2.24) is 4.90 Å². The van der Waals surface area contributed by atoms with E-state index in [0.717, 1.165) is 36.7 Å². The summed E-state index contributed by atoms with van der Waals surface area (Å²) >= 11 is 0. The average Bonchev–Trinajstić information content (AvgIpc) is 3.16. The predicted octanol–water partition coefficient (Wildman–Crippen LogP) is 5.26. The monoisotopic (exact) mass is 431 g/mol. The Morgan fingerprint density at radius 2 is 1.62 bits per heavy atom. The highest BCUT2D eigenvalue weighted by molar-refractivity contribution is 5.45. The van der Waals surface area contributed by atoms with Crippen LogP contribution in [0, 0.1) is 5.41 Å². The van der Waals surface area contributed by atoms with Gasteiger partial charge in [-0.2, -0.15) is 0 Å². The molecule has 168 valence electrons. The van der Waals surface area contributed by atoms with E-state index in [0.29, 0.717) is 6.61 Å². The van der Waals surface area contributed by atoms with Crippen molar-refractivity contribution in [2.45, 2.75) is 39.0 Å². The van der Waals surface area contributed by atoms with Gasteiger partial charge < -0.3 is 14.6 Å². The fourth-order valence-electron chi connectivity index (χ4n) is 4.75. The predicted molar refractivity (Wildman–Crippen MR) is 128 cm³/mol. The maximum atomic E-state index is 10.8. The minimum absolute atomic E-state index is 0.191. The molecule has 0 radical (unpaired) electrons. The fourth-order valence-corrected chi connectivity index (χ4v) is 4.75. The van der Waals surface area contributed by atoms with Gasteiger partial charge in [0.15, 0.2) is 11.5 Å². The van der Waals surface area contributed by atoms with Gasteiger partial charge in [0.25, 0.3) is 0 Å². The summed E-state index contributed by atoms with van der Waals surface area (Å²) in [5.41, 5.74) is 3.33. The summed E-state index contributed by atoms with van der Waals surface area (Å²) in [5, 5.41) is 10.8. The van der Waals surface area contributed by atoms with Crippen molar-refractivity contribution in [3.63, 3.8) is 0 Å². The molecule has 1 N–H and O–H groups in total. The molecule has 0 bridgehead atoms. The van der Waals surface area contributed by atoms with E-state index in [1.54, 1.807) is 7.11 Å². The zero-order valence-electron chi connectivity index (χ0n) is 19.2. The topological polar surface area (TPSA) is 41.9 Å². The fraction of sp³-hybridized carbons (Fsp3) is 0.357. The third-order valence-electron chi connectivity index (χ3n) is 6.83. The summed E-state index contributed by atoms with van der Waals surface area (Å²) in [6, 6.07) is 26.9. The first-order valence-electron chi connectivity index (χ1n) is 11.3. The first-order valence-corrected chi connectivity index (χ1v) is 11.3. The molecule has 1 aliphatic heterocycles. The zero-order valence-corrected chi connectivity index (χ0v) is 19.2. The summed E-state index contributed by atoms with van der Waals surface area (Å²) in [5.74, 6) is 1.65. The van der Waals surface area contributed by atoms with E-state index in [-0.39, 0.29) is 11.3 Å². The lowest BCUT2D eigenvalue weighted by Crippen LogP contribution is -2.37. The molecule has 0 amide bonds. The van der Waals surface area contributed by atoms with Crippen molar-refractivity contribution in [2.24, 2.45) is 5.41 Å². The number of nitrogens with zero attached hydrogens (tertiary/aromatic N) is 1. The van der Waals surface area contributed by atoms with Crippen LogP contribution >= 0.6 is 0 Å². The summed E-state index contributed by atoms with van der Waals surface area (Å²) in [6.45, 7) is 7.21. The lowest BCUT2D eigenvalue weighted by molar-refractivity contribution is 0.0474. The molecular weight excluding hydrogens is 398 g/mol. The van der Waals surface area contributed by atoms with Crippen molar-refractivity contribution < 1.29 is 14.6 Å². The van der Waals surface area contributed by atoms with E-state index < -0.39 is 6.10 Å². The van der Waals surface area contributed by atoms with Crippen molar-refractivity contribution in [3.05, 3.63) is 95.6 Å². The number of benzene rings is 3. The van der Waals surface area contributed by atoms with E-state index >= 15 is 0 Å². The number of aliphatic hydroxyl groups excluding tert-OH is 1. The molecule has 0 aliphatic carbocycles. The standard InChI is InChI=1S/C28H33NO3/c1-21(30)28(2)20-29(17-22-10-6-4-7-11-22)18-25(28)24-14-15-26(31-3)27(16-24)32-19-23-12-8-5-9-13-23/h4-16,21,25,30H,17-20H2,1-3H3/t21?,25-,28?/m0/s1. The van der Waals surface area contributed by atoms with Crippen molar-refractivity contribution in [1.29, 1.82) is 0 Å². The van der Waals surface area contributed by atoms with E-state index in [1.807, 2.05) is 37.3 Å². The largest absolute Gasteiger partial charge is 0.493 e. The number of hydrogen-bond donors (Lipinski definition) is 1. The van der Waals surface area contributed by atoms with Gasteiger partial charge in [-0.15, -0.1) is 0 Å². The quantitative estimate of drug-likeness (QED) is 0.528. The van der Waals surface area contributed by atoms with Gasteiger partial charge in [0, 0.05) is 31.0 Å². The van der Waals surface area contributed by atoms with Crippen LogP contribution in [0.2, 0.25) is 0 Å². The second kappa shape index (κ2) is 9.76. The molecule has 1 fully saturated rings. The van der Waals surface area contributed by atoms with Gasteiger partial charge in [0.1, 0.15) is 6.61 Å². The molecule has 1 aliphatic rings. The van der Waals surface area contributed by atoms with Crippen LogP contribution < -0.4 is 9.47 Å². The van der Waals surface area contributed by atoms with Crippen LogP contribution in [0.25, 0.3) is 0 Å². The highest BCUT2D eigenvalue weighted by Crippen LogP contribution is 2.47. The number of aliphatic hydroxyl groups is 1. The van der Waals surface area contributed by atoms with Crippen LogP contribution in [0.3, 0.4) is 0 Å². The van der Waals surface area contributed by atoms with Gasteiger partial charge in [0.05, 0.1) is 13.2 Å². The molecule has 0 spiro atoms. The molecule has 32 heavy (non-hydrogen) atoms. The van der Waals surface area contributed by atoms with Gasteiger partial charge in [-0.25, -0.2) is 0 Å². The van der Waals surface area contributed by atoms with E-state index in [1.165, 1.54) is 11.1 Å². The van der Waals surface area contributed by atoms with E-state index in [2.05, 4.69) is 60.4 Å². The minimum atomic E-state index is -0.427. The molecule has 3 aromatic carbocycles. The van der Waals surface area contributed by atoms with Crippen molar-refractivity contribution in [3.8, 4) is 11.5 Å². The number of likely N-dealkylation sites (tertiary alicyclic amines) is 1. The van der Waals surface area contributed by atoms with Gasteiger partial charge in [-0.1, -0.05) is 73.7 Å². The molecule has 3 atom stereocenters. The smallest absolute Gasteiger partial charge is 0.161 e. The van der Waals surface area contributed by atoms with Crippen LogP contribution in [0.4, 0.5) is 0 Å². The van der Waals surface area contributed by atoms with Crippen LogP contribution in [0.5, 0.6) is 11.5 Å². The van der Waals surface area contributed by atoms with E-state index in [9.17, 15) is 5.11 Å². The number of hydrogen-bond acceptors (Lipinski definition) is 4. The van der Waals surface area contributed by atoms with Crippen LogP contribution in [0.15, 0.2) is 78.9 Å². The lowest BCUT2D eigenvalue weighted by atomic mass is 9.72. The Balaban J connectivity index is 1.58. The van der Waals surface area contributed by atoms with E-state index in [4.69, 9.17) is 9.47 Å². The summed E-state index contributed by atoms with van der Waals surface area (Å²) in [4.78, 5) is 2.45. The van der Waals surface area contributed by atoms with Crippen LogP contribution in [0.1, 0.15) is 36.5 Å². The second-order valence-corrected chi connectivity index (χ2v) is 9.07. The van der Waals surface area contributed by atoms with Gasteiger partial charge in [-0.3, -0.25) is 4.90 Å². The molecule has 3 aromatic rings. The highest BCUT2D eigenvalue weighted by Gasteiger charge is 2.46. The Labute approximate surface area is 191 Å². The Bertz CT molecular complexity index is 1010. The summed E-state index contributed by atoms with van der Waals surface area (Å²) in [7, 11) is 1.67. The molecular formula is C28H33NO3. The SMILES string of the molecule is COc1ccc([C@@H]2CN(Cc3ccccc3)CC2(C)C(C)O)cc1OCc1ccccc1. The molecule has 4 rings (SSSR count). The molecule has 0 saturated carbocycles. The molecule has 0 aromatic heterocycles. The normalized spacial score (nSPS) is 21.9. The van der Waals surface area contributed by atoms with Gasteiger partial charge in [-0.05, 0) is 35.7 Å².